The topological polar surface area (TPSA) is 9.86 Å². The molecule has 2 nitrogen and oxygen atoms in total. The van der Waals surface area contributed by atoms with E-state index in [9.17, 15) is 6.85 Å². The van der Waals surface area contributed by atoms with Crippen LogP contribution in [0.3, 0.4) is 0 Å². The van der Waals surface area contributed by atoms with Crippen molar-refractivity contribution in [2.45, 2.75) is 0 Å². The Labute approximate surface area is 284 Å². The highest BCUT2D eigenvalue weighted by molar-refractivity contribution is 7.25. The number of para-hydroxylation sites is 3. The molecule has 0 saturated carbocycles. The predicted octanol–water partition coefficient (Wildman–Crippen LogP) is 11.9. The lowest BCUT2D eigenvalue weighted by Gasteiger charge is -2.12. The Hall–Kier alpha value is -5.64. The zero-order valence-corrected chi connectivity index (χ0v) is 24.0. The minimum atomic E-state index is -0.700. The van der Waals surface area contributed by atoms with E-state index in [-0.39, 0.29) is 43.6 Å². The number of hydrogen-bond donors (Lipinski definition) is 0. The molecule has 3 heterocycles. The van der Waals surface area contributed by atoms with Crippen molar-refractivity contribution in [3.05, 3.63) is 157 Å². The highest BCUT2D eigenvalue weighted by Gasteiger charge is 2.19. The Bertz CT molecular complexity index is 3530. The van der Waals surface area contributed by atoms with Crippen LogP contribution < -0.4 is 0 Å². The Balaban J connectivity index is 1.43. The largest absolute Gasteiger partial charge is 0.309 e. The third-order valence-electron chi connectivity index (χ3n) is 8.22. The van der Waals surface area contributed by atoms with Crippen LogP contribution in [0.15, 0.2) is 157 Å². The predicted molar refractivity (Wildman–Crippen MR) is 193 cm³/mol. The molecule has 10 rings (SSSR count). The molecule has 0 aliphatic carbocycles. The molecule has 0 amide bonds. The molecule has 0 aliphatic rings. The first-order chi connectivity index (χ1) is 28.6. The van der Waals surface area contributed by atoms with E-state index in [2.05, 4.69) is 0 Å². The summed E-state index contributed by atoms with van der Waals surface area (Å²) >= 11 is 1.51. The third-order valence-corrected chi connectivity index (χ3v) is 9.36. The lowest BCUT2D eigenvalue weighted by atomic mass is 10.0. The van der Waals surface area contributed by atoms with Gasteiger partial charge in [0, 0.05) is 47.4 Å². The summed E-state index contributed by atoms with van der Waals surface area (Å²) < 4.78 is 139. The van der Waals surface area contributed by atoms with Gasteiger partial charge in [-0.3, -0.25) is 0 Å². The van der Waals surface area contributed by atoms with Crippen molar-refractivity contribution in [3.63, 3.8) is 0 Å². The summed E-state index contributed by atoms with van der Waals surface area (Å²) in [6, 6.07) is 12.1. The van der Waals surface area contributed by atoms with Crippen molar-refractivity contribution in [2.75, 3.05) is 0 Å². The van der Waals surface area contributed by atoms with Gasteiger partial charge in [-0.25, -0.2) is 0 Å². The first-order valence-electron chi connectivity index (χ1n) is 21.6. The summed E-state index contributed by atoms with van der Waals surface area (Å²) in [6.45, 7) is 0. The van der Waals surface area contributed by atoms with Gasteiger partial charge in [0.15, 0.2) is 0 Å². The first kappa shape index (κ1) is 14.4. The fraction of sp³-hybridized carbons (Fsp3) is 0. The highest BCUT2D eigenvalue weighted by Crippen LogP contribution is 2.43. The van der Waals surface area contributed by atoms with E-state index in [1.165, 1.54) is 15.9 Å². The van der Waals surface area contributed by atoms with E-state index in [0.29, 0.717) is 11.1 Å². The van der Waals surface area contributed by atoms with Crippen molar-refractivity contribution < 1.29 is 20.6 Å². The fourth-order valence-electron chi connectivity index (χ4n) is 6.31. The molecule has 3 heteroatoms. The molecule has 0 saturated heterocycles. The zero-order chi connectivity index (χ0) is 42.5. The average Bonchev–Trinajstić information content (AvgIpc) is 3.93. The van der Waals surface area contributed by atoms with Gasteiger partial charge < -0.3 is 9.13 Å². The van der Waals surface area contributed by atoms with Crippen LogP contribution in [-0.4, -0.2) is 9.13 Å². The number of rotatable bonds is 3. The normalized spacial score (nSPS) is 16.7. The van der Waals surface area contributed by atoms with Gasteiger partial charge in [-0.15, -0.1) is 11.3 Å². The third kappa shape index (κ3) is 3.56. The molecule has 0 atom stereocenters. The summed E-state index contributed by atoms with van der Waals surface area (Å²) in [7, 11) is 0. The second kappa shape index (κ2) is 9.43. The minimum Gasteiger partial charge on any atom is -0.309 e. The van der Waals surface area contributed by atoms with Gasteiger partial charge in [-0.1, -0.05) is 96.8 Å². The van der Waals surface area contributed by atoms with Gasteiger partial charge in [0.25, 0.3) is 0 Å². The molecular weight excluding hydrogens is 565 g/mol. The van der Waals surface area contributed by atoms with Gasteiger partial charge >= 0.3 is 0 Å². The van der Waals surface area contributed by atoms with Gasteiger partial charge in [-0.05, 0) is 71.6 Å². The molecule has 0 radical (unpaired) electrons. The molecule has 45 heavy (non-hydrogen) atoms. The second-order valence-electron chi connectivity index (χ2n) is 10.6. The monoisotopic (exact) mass is 605 g/mol. The van der Waals surface area contributed by atoms with Crippen LogP contribution in [0.2, 0.25) is 0 Å². The number of benzene rings is 7. The number of hydrogen-bond acceptors (Lipinski definition) is 1. The Morgan fingerprint density at radius 1 is 0.467 bits per heavy atom. The average molecular weight is 606 g/mol. The highest BCUT2D eigenvalue weighted by atomic mass is 32.1. The Kier molecular flexibility index (Phi) is 3.02. The second-order valence-corrected chi connectivity index (χ2v) is 11.7. The zero-order valence-electron chi connectivity index (χ0n) is 38.2. The van der Waals surface area contributed by atoms with E-state index in [4.69, 9.17) is 13.7 Å². The van der Waals surface area contributed by atoms with E-state index in [1.807, 2.05) is 54.6 Å². The Morgan fingerprint density at radius 2 is 1.11 bits per heavy atom. The van der Waals surface area contributed by atoms with Crippen molar-refractivity contribution in [3.8, 4) is 22.5 Å². The fourth-order valence-corrected chi connectivity index (χ4v) is 7.41. The van der Waals surface area contributed by atoms with Crippen LogP contribution in [0.25, 0.3) is 86.3 Å². The molecule has 7 aromatic carbocycles. The molecule has 3 aromatic heterocycles. The van der Waals surface area contributed by atoms with Gasteiger partial charge in [0.05, 0.1) is 48.3 Å². The molecule has 0 fully saturated rings. The summed E-state index contributed by atoms with van der Waals surface area (Å²) in [4.78, 5) is 0. The molecule has 0 N–H and O–H groups in total. The SMILES string of the molecule is [2H]c1c([2H])c([2H])c2c(c1[2H])c1c([2H])c([2H])c([2H])c([2H])c1n2-c1c([2H])c([2H])c2c(c1[2H])c1c([2H])c([2H])c([2H])c([2H])c1n2-c1cccc2sc3ccc(-c4ccccc4)cc3c12. The van der Waals surface area contributed by atoms with Crippen molar-refractivity contribution in [1.29, 1.82) is 0 Å². The Morgan fingerprint density at radius 3 is 1.84 bits per heavy atom. The van der Waals surface area contributed by atoms with Crippen LogP contribution in [0, 0.1) is 0 Å². The van der Waals surface area contributed by atoms with E-state index >= 15 is 0 Å². The van der Waals surface area contributed by atoms with Crippen molar-refractivity contribution in [1.82, 2.24) is 9.13 Å². The maximum absolute atomic E-state index is 9.91. The van der Waals surface area contributed by atoms with Crippen LogP contribution in [0.1, 0.15) is 20.6 Å². The minimum absolute atomic E-state index is 0.0633. The number of fused-ring (bicyclic) bond motifs is 9. The number of nitrogens with zero attached hydrogens (tertiary/aromatic N) is 2. The van der Waals surface area contributed by atoms with E-state index in [1.54, 1.807) is 12.1 Å². The lowest BCUT2D eigenvalue weighted by molar-refractivity contribution is 1.17. The number of aromatic nitrogens is 2. The summed E-state index contributed by atoms with van der Waals surface area (Å²) in [5.74, 6) is 0. The molecule has 0 spiro atoms. The van der Waals surface area contributed by atoms with E-state index in [0.717, 1.165) is 30.5 Å². The molecule has 210 valence electrons. The summed E-state index contributed by atoms with van der Waals surface area (Å²) in [5, 5.41) is 0.689. The first-order valence-corrected chi connectivity index (χ1v) is 15.0. The van der Waals surface area contributed by atoms with Crippen LogP contribution in [-0.2, 0) is 0 Å². The molecule has 10 aromatic rings. The summed E-state index contributed by atoms with van der Waals surface area (Å²) in [5.41, 5.74) is 1.00. The van der Waals surface area contributed by atoms with Crippen LogP contribution in [0.5, 0.6) is 0 Å². The van der Waals surface area contributed by atoms with Crippen LogP contribution in [0.4, 0.5) is 0 Å². The van der Waals surface area contributed by atoms with Gasteiger partial charge in [-0.2, -0.15) is 0 Å². The smallest absolute Gasteiger partial charge is 0.0652 e. The summed E-state index contributed by atoms with van der Waals surface area (Å²) in [6.07, 6.45) is 0. The lowest BCUT2D eigenvalue weighted by Crippen LogP contribution is -1.96. The van der Waals surface area contributed by atoms with Crippen LogP contribution >= 0.6 is 11.3 Å². The quantitative estimate of drug-likeness (QED) is 0.190. The van der Waals surface area contributed by atoms with Gasteiger partial charge in [0.2, 0.25) is 0 Å². The van der Waals surface area contributed by atoms with E-state index < -0.39 is 96.3 Å². The number of thiophene rings is 1. The molecule has 0 bridgehead atoms. The molecule has 0 aliphatic heterocycles. The molecule has 0 unspecified atom stereocenters. The molecular formula is C42H26N2S. The van der Waals surface area contributed by atoms with Gasteiger partial charge in [0.1, 0.15) is 0 Å². The maximum atomic E-state index is 9.91. The standard InChI is InChI=1S/C42H26N2S/c1-2-11-27(12-3-1)28-21-24-40-34(25-28)42-39(19-10-20-41(42)45-40)44-37-18-9-6-15-32(37)33-26-29(22-23-38(33)44)43-35-16-7-4-13-30(35)31-14-5-8-17-36(31)43/h1-26H/i4D,5D,6D,7D,8D,9D,13D,14D,15D,16D,17D,18D,22D,23D,26D. The van der Waals surface area contributed by atoms with Crippen molar-refractivity contribution in [2.24, 2.45) is 0 Å². The maximum Gasteiger partial charge on any atom is 0.0652 e. The van der Waals surface area contributed by atoms with Crippen molar-refractivity contribution >= 4 is 75.1 Å².